The molecule has 0 bridgehead atoms. The number of carbonyl (C=O) groups is 1. The molecule has 0 radical (unpaired) electrons. The van der Waals surface area contributed by atoms with Gasteiger partial charge in [0.05, 0.1) is 5.57 Å². The molecule has 0 spiro atoms. The molecule has 3 heterocycles. The maximum atomic E-state index is 12.8. The summed E-state index contributed by atoms with van der Waals surface area (Å²) in [5.74, 6) is -0.0285. The van der Waals surface area contributed by atoms with Gasteiger partial charge in [0.2, 0.25) is 5.17 Å². The first kappa shape index (κ1) is 22.6. The van der Waals surface area contributed by atoms with Gasteiger partial charge in [-0.05, 0) is 80.8 Å². The molecular weight excluding hydrogens is 442 g/mol. The molecule has 2 aliphatic rings. The Kier molecular flexibility index (Phi) is 6.14. The van der Waals surface area contributed by atoms with E-state index in [-0.39, 0.29) is 11.4 Å². The zero-order valence-electron chi connectivity index (χ0n) is 18.9. The Morgan fingerprint density at radius 3 is 2.59 bits per heavy atom. The van der Waals surface area contributed by atoms with Gasteiger partial charge in [0.25, 0.3) is 5.91 Å². The van der Waals surface area contributed by atoms with Crippen molar-refractivity contribution in [3.05, 3.63) is 57.4 Å². The number of nitrogens with one attached hydrogen (secondary N) is 1. The third kappa shape index (κ3) is 3.84. The summed E-state index contributed by atoms with van der Waals surface area (Å²) in [4.78, 5) is 17.1. The number of hydrogen-bond acceptors (Lipinski definition) is 4. The standard InChI is InChI=1S/C24H26ClN5OS/c1-6-16(7-2)23-28-30-21(26)19(22(31)27-24(30)32-23)11-17-10-14(4)29(15(17)5)20-12-18(25)9-8-13(20)3/h8-12,16,26H,6-7H2,1-5H3/b19-11-,26-21?. The lowest BCUT2D eigenvalue weighted by atomic mass is 10.1. The molecule has 4 rings (SSSR count). The molecule has 0 unspecified atom stereocenters. The lowest BCUT2D eigenvalue weighted by Crippen LogP contribution is -2.35. The predicted molar refractivity (Wildman–Crippen MR) is 134 cm³/mol. The summed E-state index contributed by atoms with van der Waals surface area (Å²) in [6, 6.07) is 7.82. The maximum Gasteiger partial charge on any atom is 0.283 e. The molecule has 6 nitrogen and oxygen atoms in total. The maximum absolute atomic E-state index is 12.8. The van der Waals surface area contributed by atoms with Crippen LogP contribution in [0.15, 0.2) is 39.9 Å². The van der Waals surface area contributed by atoms with Crippen molar-refractivity contribution in [1.29, 1.82) is 5.41 Å². The van der Waals surface area contributed by atoms with Gasteiger partial charge in [-0.1, -0.05) is 31.5 Å². The third-order valence-corrected chi connectivity index (χ3v) is 7.29. The lowest BCUT2D eigenvalue weighted by molar-refractivity contribution is -0.114. The Labute approximate surface area is 197 Å². The van der Waals surface area contributed by atoms with Crippen LogP contribution in [0.2, 0.25) is 5.02 Å². The van der Waals surface area contributed by atoms with Crippen LogP contribution in [0.3, 0.4) is 0 Å². The van der Waals surface area contributed by atoms with Crippen LogP contribution >= 0.6 is 23.4 Å². The van der Waals surface area contributed by atoms with Crippen molar-refractivity contribution < 1.29 is 4.79 Å². The molecule has 8 heteroatoms. The van der Waals surface area contributed by atoms with Gasteiger partial charge < -0.3 is 4.57 Å². The van der Waals surface area contributed by atoms with Crippen LogP contribution in [0.4, 0.5) is 0 Å². The number of amides is 1. The first-order valence-corrected chi connectivity index (χ1v) is 11.9. The predicted octanol–water partition coefficient (Wildman–Crippen LogP) is 6.11. The van der Waals surface area contributed by atoms with Crippen LogP contribution in [0.25, 0.3) is 11.8 Å². The van der Waals surface area contributed by atoms with E-state index in [2.05, 4.69) is 28.5 Å². The second-order valence-corrected chi connectivity index (χ2v) is 9.49. The Bertz CT molecular complexity index is 1220. The monoisotopic (exact) mass is 467 g/mol. The minimum absolute atomic E-state index is 0.0668. The van der Waals surface area contributed by atoms with Gasteiger partial charge in [0.15, 0.2) is 5.84 Å². The molecule has 1 aromatic heterocycles. The van der Waals surface area contributed by atoms with Crippen LogP contribution in [-0.2, 0) is 4.79 Å². The van der Waals surface area contributed by atoms with Crippen LogP contribution in [0.1, 0.15) is 49.2 Å². The molecule has 1 amide bonds. The van der Waals surface area contributed by atoms with Crippen molar-refractivity contribution in [2.24, 2.45) is 16.0 Å². The number of fused-ring (bicyclic) bond motifs is 1. The normalized spacial score (nSPS) is 17.3. The molecule has 0 saturated carbocycles. The lowest BCUT2D eigenvalue weighted by Gasteiger charge is -2.20. The number of benzene rings is 1. The summed E-state index contributed by atoms with van der Waals surface area (Å²) >= 11 is 7.64. The van der Waals surface area contributed by atoms with Crippen LogP contribution in [-0.4, -0.2) is 31.5 Å². The van der Waals surface area contributed by atoms with Gasteiger partial charge >= 0.3 is 0 Å². The van der Waals surface area contributed by atoms with E-state index in [4.69, 9.17) is 17.0 Å². The number of hydrogen-bond donors (Lipinski definition) is 1. The minimum atomic E-state index is -0.404. The van der Waals surface area contributed by atoms with Crippen LogP contribution < -0.4 is 0 Å². The number of halogens is 1. The summed E-state index contributed by atoms with van der Waals surface area (Å²) in [5, 5.41) is 16.8. The fourth-order valence-electron chi connectivity index (χ4n) is 4.09. The Hall–Kier alpha value is -2.64. The number of aryl methyl sites for hydroxylation is 2. The van der Waals surface area contributed by atoms with E-state index in [1.807, 2.05) is 45.0 Å². The minimum Gasteiger partial charge on any atom is -0.318 e. The number of hydrazone groups is 1. The third-order valence-electron chi connectivity index (χ3n) is 5.99. The van der Waals surface area contributed by atoms with Gasteiger partial charge in [-0.25, -0.2) is 0 Å². The van der Waals surface area contributed by atoms with E-state index in [1.165, 1.54) is 16.8 Å². The summed E-state index contributed by atoms with van der Waals surface area (Å²) < 4.78 is 2.12. The zero-order chi connectivity index (χ0) is 23.2. The van der Waals surface area contributed by atoms with E-state index in [0.717, 1.165) is 46.1 Å². The average molecular weight is 468 g/mol. The number of amidine groups is 2. The van der Waals surface area contributed by atoms with Crippen LogP contribution in [0.5, 0.6) is 0 Å². The quantitative estimate of drug-likeness (QED) is 0.539. The molecule has 1 aromatic carbocycles. The number of aliphatic imine (C=N–C) groups is 1. The Morgan fingerprint density at radius 1 is 1.19 bits per heavy atom. The highest BCUT2D eigenvalue weighted by Crippen LogP contribution is 2.33. The summed E-state index contributed by atoms with van der Waals surface area (Å²) in [5.41, 5.74) is 5.19. The molecule has 0 aliphatic carbocycles. The smallest absolute Gasteiger partial charge is 0.283 e. The van der Waals surface area contributed by atoms with E-state index >= 15 is 0 Å². The molecular formula is C24H26ClN5OS. The summed E-state index contributed by atoms with van der Waals surface area (Å²) in [7, 11) is 0. The second-order valence-electron chi connectivity index (χ2n) is 8.06. The van der Waals surface area contributed by atoms with E-state index in [1.54, 1.807) is 6.08 Å². The fourth-order valence-corrected chi connectivity index (χ4v) is 5.42. The van der Waals surface area contributed by atoms with Crippen molar-refractivity contribution >= 4 is 51.4 Å². The average Bonchev–Trinajstić information content (AvgIpc) is 3.29. The van der Waals surface area contributed by atoms with Crippen molar-refractivity contribution in [2.45, 2.75) is 47.5 Å². The van der Waals surface area contributed by atoms with Gasteiger partial charge in [-0.2, -0.15) is 15.1 Å². The van der Waals surface area contributed by atoms with Gasteiger partial charge in [0.1, 0.15) is 5.04 Å². The molecule has 32 heavy (non-hydrogen) atoms. The summed E-state index contributed by atoms with van der Waals surface area (Å²) in [6.07, 6.45) is 3.67. The first-order valence-electron chi connectivity index (χ1n) is 10.7. The molecule has 0 fully saturated rings. The molecule has 166 valence electrons. The molecule has 0 atom stereocenters. The zero-order valence-corrected chi connectivity index (χ0v) is 20.4. The van der Waals surface area contributed by atoms with Crippen molar-refractivity contribution in [3.63, 3.8) is 0 Å². The highest BCUT2D eigenvalue weighted by molar-refractivity contribution is 8.27. The number of nitrogens with zero attached hydrogens (tertiary/aromatic N) is 4. The van der Waals surface area contributed by atoms with Crippen molar-refractivity contribution in [3.8, 4) is 5.69 Å². The first-order chi connectivity index (χ1) is 15.2. The van der Waals surface area contributed by atoms with Gasteiger partial charge in [-0.3, -0.25) is 10.2 Å². The number of thioether (sulfide) groups is 1. The number of carbonyl (C=O) groups excluding carboxylic acids is 1. The van der Waals surface area contributed by atoms with Crippen molar-refractivity contribution in [2.75, 3.05) is 0 Å². The van der Waals surface area contributed by atoms with E-state index in [9.17, 15) is 4.79 Å². The largest absolute Gasteiger partial charge is 0.318 e. The van der Waals surface area contributed by atoms with E-state index in [0.29, 0.717) is 16.1 Å². The van der Waals surface area contributed by atoms with Gasteiger partial charge in [-0.15, -0.1) is 0 Å². The highest BCUT2D eigenvalue weighted by atomic mass is 35.5. The Morgan fingerprint density at radius 2 is 1.91 bits per heavy atom. The van der Waals surface area contributed by atoms with Crippen molar-refractivity contribution in [1.82, 2.24) is 9.58 Å². The second kappa shape index (κ2) is 8.71. The van der Waals surface area contributed by atoms with E-state index < -0.39 is 5.91 Å². The molecule has 2 aromatic rings. The van der Waals surface area contributed by atoms with Gasteiger partial charge in [0, 0.05) is 28.0 Å². The number of aromatic nitrogens is 1. The summed E-state index contributed by atoms with van der Waals surface area (Å²) in [6.45, 7) is 10.3. The number of rotatable bonds is 5. The molecule has 2 aliphatic heterocycles. The molecule has 0 saturated heterocycles. The van der Waals surface area contributed by atoms with Crippen LogP contribution in [0, 0.1) is 32.1 Å². The molecule has 1 N–H and O–H groups in total. The fraction of sp³-hybridized carbons (Fsp3) is 0.333. The highest BCUT2D eigenvalue weighted by Gasteiger charge is 2.37. The topological polar surface area (TPSA) is 73.8 Å². The Balaban J connectivity index is 1.74. The SMILES string of the molecule is CCC(CC)C1=NN2C(=N)/C(=C/c3cc(C)n(-c4cc(Cl)ccc4C)c3C)C(=O)N=C2S1.